The molecule has 18 heavy (non-hydrogen) atoms. The number of aromatic nitrogens is 1. The third kappa shape index (κ3) is 3.77. The minimum absolute atomic E-state index is 0.0766. The molecular weight excluding hydrogens is 224 g/mol. The Labute approximate surface area is 107 Å². The lowest BCUT2D eigenvalue weighted by Gasteiger charge is -2.06. The normalized spacial score (nSPS) is 10.3. The second-order valence-electron chi connectivity index (χ2n) is 4.44. The van der Waals surface area contributed by atoms with Gasteiger partial charge >= 0.3 is 0 Å². The Kier molecular flexibility index (Phi) is 4.18. The van der Waals surface area contributed by atoms with E-state index in [9.17, 15) is 4.79 Å². The van der Waals surface area contributed by atoms with Crippen molar-refractivity contribution in [2.24, 2.45) is 0 Å². The lowest BCUT2D eigenvalue weighted by Crippen LogP contribution is -2.12. The molecule has 0 fully saturated rings. The Morgan fingerprint density at radius 3 is 2.72 bits per heavy atom. The van der Waals surface area contributed by atoms with Crippen LogP contribution in [0.1, 0.15) is 18.4 Å². The summed E-state index contributed by atoms with van der Waals surface area (Å²) in [4.78, 5) is 11.7. The zero-order valence-electron chi connectivity index (χ0n) is 10.6. The third-order valence-corrected chi connectivity index (χ3v) is 2.79. The molecule has 0 aliphatic heterocycles. The fraction of sp³-hybridized carbons (Fsp3) is 0.267. The number of carbonyl (C=O) groups excluding carboxylic acids is 1. The van der Waals surface area contributed by atoms with Crippen LogP contribution in [0.4, 0.5) is 5.69 Å². The molecule has 3 nitrogen and oxygen atoms in total. The molecule has 2 rings (SSSR count). The standard InChI is InChI=1S/C15H18N2O/c1-13-6-4-7-14(12-13)16-15(18)8-5-11-17-9-2-3-10-17/h2-4,6-7,9-10,12H,5,8,11H2,1H3,(H,16,18). The van der Waals surface area contributed by atoms with Gasteiger partial charge in [-0.2, -0.15) is 0 Å². The molecule has 0 saturated carbocycles. The number of nitrogens with zero attached hydrogens (tertiary/aromatic N) is 1. The van der Waals surface area contributed by atoms with Crippen LogP contribution in [0.15, 0.2) is 48.8 Å². The first-order chi connectivity index (χ1) is 8.74. The number of amides is 1. The molecule has 1 amide bonds. The van der Waals surface area contributed by atoms with Gasteiger partial charge in [0, 0.05) is 31.0 Å². The highest BCUT2D eigenvalue weighted by molar-refractivity contribution is 5.90. The molecule has 0 saturated heterocycles. The molecule has 94 valence electrons. The maximum absolute atomic E-state index is 11.7. The van der Waals surface area contributed by atoms with Crippen LogP contribution in [0.2, 0.25) is 0 Å². The van der Waals surface area contributed by atoms with Crippen LogP contribution in [-0.4, -0.2) is 10.5 Å². The topological polar surface area (TPSA) is 34.0 Å². The molecule has 1 aromatic carbocycles. The van der Waals surface area contributed by atoms with Crippen LogP contribution >= 0.6 is 0 Å². The van der Waals surface area contributed by atoms with E-state index in [0.29, 0.717) is 6.42 Å². The highest BCUT2D eigenvalue weighted by Crippen LogP contribution is 2.10. The summed E-state index contributed by atoms with van der Waals surface area (Å²) in [5, 5.41) is 2.91. The molecule has 0 spiro atoms. The first kappa shape index (κ1) is 12.4. The van der Waals surface area contributed by atoms with E-state index in [1.54, 1.807) is 0 Å². The van der Waals surface area contributed by atoms with E-state index in [0.717, 1.165) is 24.2 Å². The summed E-state index contributed by atoms with van der Waals surface area (Å²) in [6.45, 7) is 2.90. The largest absolute Gasteiger partial charge is 0.354 e. The summed E-state index contributed by atoms with van der Waals surface area (Å²) < 4.78 is 2.08. The van der Waals surface area contributed by atoms with E-state index in [1.807, 2.05) is 55.7 Å². The van der Waals surface area contributed by atoms with Gasteiger partial charge in [-0.25, -0.2) is 0 Å². The number of hydrogen-bond donors (Lipinski definition) is 1. The van der Waals surface area contributed by atoms with Gasteiger partial charge in [-0.15, -0.1) is 0 Å². The smallest absolute Gasteiger partial charge is 0.224 e. The maximum atomic E-state index is 11.7. The molecule has 0 aliphatic carbocycles. The lowest BCUT2D eigenvalue weighted by molar-refractivity contribution is -0.116. The first-order valence-corrected chi connectivity index (χ1v) is 6.21. The molecule has 0 aliphatic rings. The highest BCUT2D eigenvalue weighted by Gasteiger charge is 2.02. The number of carbonyl (C=O) groups is 1. The molecule has 3 heteroatoms. The lowest BCUT2D eigenvalue weighted by atomic mass is 10.2. The molecule has 0 atom stereocenters. The number of nitrogens with one attached hydrogen (secondary N) is 1. The molecule has 1 heterocycles. The van der Waals surface area contributed by atoms with Crippen LogP contribution < -0.4 is 5.32 Å². The molecule has 2 aromatic rings. The van der Waals surface area contributed by atoms with Gasteiger partial charge in [0.2, 0.25) is 5.91 Å². The van der Waals surface area contributed by atoms with Gasteiger partial charge in [-0.1, -0.05) is 12.1 Å². The van der Waals surface area contributed by atoms with Gasteiger partial charge < -0.3 is 9.88 Å². The maximum Gasteiger partial charge on any atom is 0.224 e. The first-order valence-electron chi connectivity index (χ1n) is 6.21. The van der Waals surface area contributed by atoms with Crippen LogP contribution in [0.25, 0.3) is 0 Å². The minimum Gasteiger partial charge on any atom is -0.354 e. The Morgan fingerprint density at radius 2 is 2.00 bits per heavy atom. The van der Waals surface area contributed by atoms with Crippen LogP contribution in [0.3, 0.4) is 0 Å². The van der Waals surface area contributed by atoms with E-state index in [2.05, 4.69) is 9.88 Å². The van der Waals surface area contributed by atoms with Gasteiger partial charge in [0.05, 0.1) is 0 Å². The Balaban J connectivity index is 1.75. The van der Waals surface area contributed by atoms with Crippen molar-refractivity contribution in [3.8, 4) is 0 Å². The van der Waals surface area contributed by atoms with Gasteiger partial charge in [-0.05, 0) is 43.2 Å². The van der Waals surface area contributed by atoms with Gasteiger partial charge in [0.1, 0.15) is 0 Å². The Hall–Kier alpha value is -2.03. The monoisotopic (exact) mass is 242 g/mol. The predicted molar refractivity (Wildman–Crippen MR) is 73.5 cm³/mol. The van der Waals surface area contributed by atoms with E-state index in [4.69, 9.17) is 0 Å². The summed E-state index contributed by atoms with van der Waals surface area (Å²) in [5.41, 5.74) is 2.03. The Morgan fingerprint density at radius 1 is 1.22 bits per heavy atom. The number of benzene rings is 1. The van der Waals surface area contributed by atoms with Crippen molar-refractivity contribution in [3.63, 3.8) is 0 Å². The molecule has 1 N–H and O–H groups in total. The summed E-state index contributed by atoms with van der Waals surface area (Å²) in [7, 11) is 0. The summed E-state index contributed by atoms with van der Waals surface area (Å²) >= 11 is 0. The molecular formula is C15H18N2O. The van der Waals surface area contributed by atoms with Crippen molar-refractivity contribution in [1.82, 2.24) is 4.57 Å². The van der Waals surface area contributed by atoms with Crippen molar-refractivity contribution in [2.75, 3.05) is 5.32 Å². The molecule has 0 unspecified atom stereocenters. The Bertz CT molecular complexity index is 503. The fourth-order valence-electron chi connectivity index (χ4n) is 1.89. The van der Waals surface area contributed by atoms with E-state index >= 15 is 0 Å². The van der Waals surface area contributed by atoms with Gasteiger partial charge in [0.15, 0.2) is 0 Å². The average Bonchev–Trinajstić information content (AvgIpc) is 2.82. The quantitative estimate of drug-likeness (QED) is 0.858. The van der Waals surface area contributed by atoms with E-state index in [1.165, 1.54) is 0 Å². The van der Waals surface area contributed by atoms with Crippen molar-refractivity contribution in [1.29, 1.82) is 0 Å². The zero-order chi connectivity index (χ0) is 12.8. The third-order valence-electron chi connectivity index (χ3n) is 2.79. The van der Waals surface area contributed by atoms with Crippen LogP contribution in [-0.2, 0) is 11.3 Å². The summed E-state index contributed by atoms with van der Waals surface area (Å²) in [6, 6.07) is 11.8. The highest BCUT2D eigenvalue weighted by atomic mass is 16.1. The number of anilines is 1. The van der Waals surface area contributed by atoms with Crippen molar-refractivity contribution >= 4 is 11.6 Å². The van der Waals surface area contributed by atoms with Gasteiger partial charge in [-0.3, -0.25) is 4.79 Å². The van der Waals surface area contributed by atoms with Gasteiger partial charge in [0.25, 0.3) is 0 Å². The second kappa shape index (κ2) is 6.05. The van der Waals surface area contributed by atoms with E-state index in [-0.39, 0.29) is 5.91 Å². The number of aryl methyl sites for hydroxylation is 2. The number of hydrogen-bond acceptors (Lipinski definition) is 1. The van der Waals surface area contributed by atoms with Crippen LogP contribution in [0, 0.1) is 6.92 Å². The second-order valence-corrected chi connectivity index (χ2v) is 4.44. The van der Waals surface area contributed by atoms with Crippen molar-refractivity contribution in [3.05, 3.63) is 54.4 Å². The summed E-state index contributed by atoms with van der Waals surface area (Å²) in [6.07, 6.45) is 5.43. The minimum atomic E-state index is 0.0766. The zero-order valence-corrected chi connectivity index (χ0v) is 10.6. The molecule has 0 radical (unpaired) electrons. The SMILES string of the molecule is Cc1cccc(NC(=O)CCCn2cccc2)c1. The van der Waals surface area contributed by atoms with Crippen LogP contribution in [0.5, 0.6) is 0 Å². The van der Waals surface area contributed by atoms with Crippen molar-refractivity contribution in [2.45, 2.75) is 26.3 Å². The van der Waals surface area contributed by atoms with E-state index < -0.39 is 0 Å². The number of rotatable bonds is 5. The average molecular weight is 242 g/mol. The molecule has 1 aromatic heterocycles. The fourth-order valence-corrected chi connectivity index (χ4v) is 1.89. The van der Waals surface area contributed by atoms with Crippen molar-refractivity contribution < 1.29 is 4.79 Å². The predicted octanol–water partition coefficient (Wildman–Crippen LogP) is 3.22. The summed E-state index contributed by atoms with van der Waals surface area (Å²) in [5.74, 6) is 0.0766. The molecule has 0 bridgehead atoms.